The maximum Gasteiger partial charge on any atom is 0.167 e. The molecule has 0 aliphatic carbocycles. The third kappa shape index (κ3) is 2.97. The minimum Gasteiger partial charge on any atom is -0.496 e. The number of methoxy groups -OCH3 is 2. The molecule has 0 spiro atoms. The van der Waals surface area contributed by atoms with Crippen LogP contribution in [-0.2, 0) is 11.3 Å². The van der Waals surface area contributed by atoms with Gasteiger partial charge in [0.2, 0.25) is 0 Å². The summed E-state index contributed by atoms with van der Waals surface area (Å²) < 4.78 is 11.2. The highest BCUT2D eigenvalue weighted by atomic mass is 127. The van der Waals surface area contributed by atoms with Crippen LogP contribution in [0.1, 0.15) is 5.69 Å². The molecule has 0 saturated carbocycles. The van der Waals surface area contributed by atoms with Crippen molar-refractivity contribution >= 4 is 40.0 Å². The summed E-state index contributed by atoms with van der Waals surface area (Å²) in [6.45, 7) is 0.352. The van der Waals surface area contributed by atoms with Crippen LogP contribution in [0.15, 0.2) is 18.2 Å². The van der Waals surface area contributed by atoms with E-state index in [-0.39, 0.29) is 0 Å². The first-order valence-electron chi connectivity index (χ1n) is 5.72. The second-order valence-corrected chi connectivity index (χ2v) is 5.43. The van der Waals surface area contributed by atoms with Crippen LogP contribution in [0, 0.1) is 3.57 Å². The SMILES string of the molecule is COCc1nc(-c2c(Cl)cccc2OC)nc(N)c1I. The van der Waals surface area contributed by atoms with Crippen LogP contribution < -0.4 is 10.5 Å². The molecule has 0 amide bonds. The van der Waals surface area contributed by atoms with Crippen LogP contribution in [0.3, 0.4) is 0 Å². The number of nitrogens with zero attached hydrogens (tertiary/aromatic N) is 2. The third-order valence-corrected chi connectivity index (χ3v) is 4.14. The van der Waals surface area contributed by atoms with Crippen molar-refractivity contribution in [2.45, 2.75) is 6.61 Å². The lowest BCUT2D eigenvalue weighted by molar-refractivity contribution is 0.181. The highest BCUT2D eigenvalue weighted by molar-refractivity contribution is 14.1. The van der Waals surface area contributed by atoms with Crippen molar-refractivity contribution in [3.05, 3.63) is 32.5 Å². The van der Waals surface area contributed by atoms with Crippen LogP contribution in [0.25, 0.3) is 11.4 Å². The molecule has 2 rings (SSSR count). The average molecular weight is 406 g/mol. The van der Waals surface area contributed by atoms with Gasteiger partial charge in [0.05, 0.1) is 33.6 Å². The van der Waals surface area contributed by atoms with Gasteiger partial charge in [0.25, 0.3) is 0 Å². The number of nitrogens with two attached hydrogens (primary N) is 1. The zero-order valence-corrected chi connectivity index (χ0v) is 13.9. The summed E-state index contributed by atoms with van der Waals surface area (Å²) in [5, 5.41) is 0.508. The van der Waals surface area contributed by atoms with Gasteiger partial charge in [-0.05, 0) is 34.7 Å². The minimum atomic E-state index is 0.352. The number of ether oxygens (including phenoxy) is 2. The van der Waals surface area contributed by atoms with Crippen molar-refractivity contribution in [2.24, 2.45) is 0 Å². The number of rotatable bonds is 4. The van der Waals surface area contributed by atoms with Gasteiger partial charge < -0.3 is 15.2 Å². The van der Waals surface area contributed by atoms with Gasteiger partial charge in [0.1, 0.15) is 11.6 Å². The highest BCUT2D eigenvalue weighted by Crippen LogP contribution is 2.35. The summed E-state index contributed by atoms with van der Waals surface area (Å²) in [6, 6.07) is 5.36. The summed E-state index contributed by atoms with van der Waals surface area (Å²) in [7, 11) is 3.17. The van der Waals surface area contributed by atoms with Gasteiger partial charge in [0.15, 0.2) is 5.82 Å². The summed E-state index contributed by atoms with van der Waals surface area (Å²) >= 11 is 8.33. The van der Waals surface area contributed by atoms with E-state index in [2.05, 4.69) is 32.6 Å². The molecule has 0 aliphatic heterocycles. The Labute approximate surface area is 135 Å². The summed E-state index contributed by atoms with van der Waals surface area (Å²) in [5.74, 6) is 1.42. The van der Waals surface area contributed by atoms with Crippen molar-refractivity contribution in [2.75, 3.05) is 20.0 Å². The Morgan fingerprint density at radius 2 is 2.05 bits per heavy atom. The Bertz CT molecular complexity index is 637. The van der Waals surface area contributed by atoms with Gasteiger partial charge in [-0.15, -0.1) is 0 Å². The van der Waals surface area contributed by atoms with Gasteiger partial charge in [0, 0.05) is 7.11 Å². The van der Waals surface area contributed by atoms with Crippen molar-refractivity contribution in [3.63, 3.8) is 0 Å². The van der Waals surface area contributed by atoms with Gasteiger partial charge in [-0.3, -0.25) is 0 Å². The zero-order chi connectivity index (χ0) is 14.7. The number of hydrogen-bond donors (Lipinski definition) is 1. The summed E-state index contributed by atoms with van der Waals surface area (Å²) in [6.07, 6.45) is 0. The first kappa shape index (κ1) is 15.3. The minimum absolute atomic E-state index is 0.352. The maximum absolute atomic E-state index is 6.23. The molecular formula is C13H13ClIN3O2. The van der Waals surface area contributed by atoms with E-state index < -0.39 is 0 Å². The summed E-state index contributed by atoms with van der Waals surface area (Å²) in [5.41, 5.74) is 7.27. The molecule has 20 heavy (non-hydrogen) atoms. The monoisotopic (exact) mass is 405 g/mol. The number of aromatic nitrogens is 2. The molecule has 1 heterocycles. The van der Waals surface area contributed by atoms with Crippen molar-refractivity contribution in [1.29, 1.82) is 0 Å². The lowest BCUT2D eigenvalue weighted by atomic mass is 10.2. The first-order chi connectivity index (χ1) is 9.58. The molecule has 0 saturated heterocycles. The van der Waals surface area contributed by atoms with Gasteiger partial charge >= 0.3 is 0 Å². The molecule has 0 radical (unpaired) electrons. The predicted octanol–water partition coefficient (Wildman–Crippen LogP) is 3.14. The van der Waals surface area contributed by atoms with E-state index in [1.807, 2.05) is 0 Å². The number of anilines is 1. The normalized spacial score (nSPS) is 10.6. The second kappa shape index (κ2) is 6.55. The van der Waals surface area contributed by atoms with E-state index in [4.69, 9.17) is 26.8 Å². The van der Waals surface area contributed by atoms with Crippen LogP contribution >= 0.6 is 34.2 Å². The maximum atomic E-state index is 6.23. The topological polar surface area (TPSA) is 70.3 Å². The fourth-order valence-electron chi connectivity index (χ4n) is 1.75. The van der Waals surface area contributed by atoms with E-state index in [0.717, 1.165) is 9.26 Å². The van der Waals surface area contributed by atoms with E-state index in [1.165, 1.54) is 0 Å². The fourth-order valence-corrected chi connectivity index (χ4v) is 2.40. The standard InChI is InChI=1S/C13H13ClIN3O2/c1-19-6-8-11(15)12(16)18-13(17-8)10-7(14)4-3-5-9(10)20-2/h3-5H,6H2,1-2H3,(H2,16,17,18). The van der Waals surface area contributed by atoms with Crippen molar-refractivity contribution in [3.8, 4) is 17.1 Å². The molecule has 0 atom stereocenters. The van der Waals surface area contributed by atoms with Crippen LogP contribution in [0.4, 0.5) is 5.82 Å². The Balaban J connectivity index is 2.64. The molecule has 1 aromatic heterocycles. The molecule has 0 aliphatic rings. The lowest BCUT2D eigenvalue weighted by Gasteiger charge is -2.12. The molecule has 7 heteroatoms. The fraction of sp³-hybridized carbons (Fsp3) is 0.231. The zero-order valence-electron chi connectivity index (χ0n) is 11.0. The largest absolute Gasteiger partial charge is 0.496 e. The smallest absolute Gasteiger partial charge is 0.167 e. The average Bonchev–Trinajstić information content (AvgIpc) is 2.43. The van der Waals surface area contributed by atoms with Gasteiger partial charge in [-0.1, -0.05) is 17.7 Å². The third-order valence-electron chi connectivity index (χ3n) is 2.65. The second-order valence-electron chi connectivity index (χ2n) is 3.94. The molecule has 1 aromatic carbocycles. The van der Waals surface area contributed by atoms with Crippen LogP contribution in [-0.4, -0.2) is 24.2 Å². The molecule has 0 unspecified atom stereocenters. The Kier molecular flexibility index (Phi) is 5.00. The molecule has 0 fully saturated rings. The Morgan fingerprint density at radius 3 is 2.70 bits per heavy atom. The van der Waals surface area contributed by atoms with Crippen molar-refractivity contribution < 1.29 is 9.47 Å². The Hall–Kier alpha value is -1.12. The van der Waals surface area contributed by atoms with Gasteiger partial charge in [-0.2, -0.15) is 0 Å². The van der Waals surface area contributed by atoms with Crippen molar-refractivity contribution in [1.82, 2.24) is 9.97 Å². The molecule has 0 bridgehead atoms. The Morgan fingerprint density at radius 1 is 1.30 bits per heavy atom. The number of hydrogen-bond acceptors (Lipinski definition) is 5. The van der Waals surface area contributed by atoms with E-state index in [1.54, 1.807) is 32.4 Å². The highest BCUT2D eigenvalue weighted by Gasteiger charge is 2.17. The van der Waals surface area contributed by atoms with E-state index >= 15 is 0 Å². The molecule has 5 nitrogen and oxygen atoms in total. The molecular weight excluding hydrogens is 393 g/mol. The molecule has 2 N–H and O–H groups in total. The quantitative estimate of drug-likeness (QED) is 0.792. The van der Waals surface area contributed by atoms with E-state index in [9.17, 15) is 0 Å². The number of benzene rings is 1. The summed E-state index contributed by atoms with van der Waals surface area (Å²) in [4.78, 5) is 8.77. The number of halogens is 2. The molecule has 2 aromatic rings. The van der Waals surface area contributed by atoms with Gasteiger partial charge in [-0.25, -0.2) is 9.97 Å². The number of nitrogen functional groups attached to an aromatic ring is 1. The van der Waals surface area contributed by atoms with E-state index in [0.29, 0.717) is 34.6 Å². The predicted molar refractivity (Wildman–Crippen MR) is 86.9 cm³/mol. The van der Waals surface area contributed by atoms with Crippen LogP contribution in [0.5, 0.6) is 5.75 Å². The van der Waals surface area contributed by atoms with Crippen LogP contribution in [0.2, 0.25) is 5.02 Å². The lowest BCUT2D eigenvalue weighted by Crippen LogP contribution is -2.06. The first-order valence-corrected chi connectivity index (χ1v) is 7.17. The molecule has 106 valence electrons.